The summed E-state index contributed by atoms with van der Waals surface area (Å²) in [7, 11) is 2.09. The van der Waals surface area contributed by atoms with E-state index in [2.05, 4.69) is 43.0 Å². The first-order valence-electron chi connectivity index (χ1n) is 9.07. The average Bonchev–Trinajstić information content (AvgIpc) is 3.36. The maximum atomic E-state index is 5.52. The molecule has 8 heteroatoms. The van der Waals surface area contributed by atoms with Gasteiger partial charge in [0.05, 0.1) is 17.1 Å². The van der Waals surface area contributed by atoms with Crippen LogP contribution in [-0.4, -0.2) is 51.3 Å². The van der Waals surface area contributed by atoms with Crippen molar-refractivity contribution in [2.75, 3.05) is 26.7 Å². The zero-order valence-corrected chi connectivity index (χ0v) is 16.3. The third kappa shape index (κ3) is 3.28. The topological polar surface area (TPSA) is 72.0 Å². The Morgan fingerprint density at radius 3 is 2.75 bits per heavy atom. The fraction of sp³-hybridized carbons (Fsp3) is 0.250. The molecule has 5 rings (SSSR count). The van der Waals surface area contributed by atoms with Crippen molar-refractivity contribution in [1.82, 2.24) is 29.9 Å². The molecule has 0 radical (unpaired) electrons. The number of benzene rings is 2. The lowest BCUT2D eigenvalue weighted by atomic mass is 10.2. The van der Waals surface area contributed by atoms with Gasteiger partial charge in [0, 0.05) is 30.9 Å². The van der Waals surface area contributed by atoms with Crippen LogP contribution in [-0.2, 0) is 0 Å². The third-order valence-corrected chi connectivity index (χ3v) is 5.10. The second-order valence-corrected chi connectivity index (χ2v) is 6.81. The molecule has 0 spiro atoms. The van der Waals surface area contributed by atoms with Crippen LogP contribution in [0.15, 0.2) is 59.4 Å². The van der Waals surface area contributed by atoms with Gasteiger partial charge in [-0.3, -0.25) is 9.47 Å². The molecule has 1 N–H and O–H groups in total. The fourth-order valence-corrected chi connectivity index (χ4v) is 3.51. The van der Waals surface area contributed by atoms with Gasteiger partial charge < -0.3 is 9.84 Å². The predicted molar refractivity (Wildman–Crippen MR) is 110 cm³/mol. The monoisotopic (exact) mass is 396 g/mol. The summed E-state index contributed by atoms with van der Waals surface area (Å²) in [4.78, 5) is 11.3. The molecule has 144 valence electrons. The van der Waals surface area contributed by atoms with Gasteiger partial charge >= 0.3 is 0 Å². The summed E-state index contributed by atoms with van der Waals surface area (Å²) < 4.78 is 7.59. The van der Waals surface area contributed by atoms with Crippen molar-refractivity contribution < 1.29 is 4.52 Å². The largest absolute Gasteiger partial charge is 0.334 e. The molecule has 1 fully saturated rings. The third-order valence-electron chi connectivity index (χ3n) is 5.10. The number of halogens is 1. The molecule has 0 saturated carbocycles. The zero-order valence-electron chi connectivity index (χ0n) is 15.4. The second-order valence-electron chi connectivity index (χ2n) is 6.81. The summed E-state index contributed by atoms with van der Waals surface area (Å²) in [6, 6.07) is 16.3. The fourth-order valence-electron chi connectivity index (χ4n) is 3.51. The van der Waals surface area contributed by atoms with Crippen LogP contribution >= 0.6 is 12.4 Å². The average molecular weight is 397 g/mol. The molecule has 0 amide bonds. The summed E-state index contributed by atoms with van der Waals surface area (Å²) in [5.74, 6) is 1.27. The standard InChI is InChI=1S/C20H20N6O.ClH/c1-25-11-10-21-12-18(25)19-23-20(27-24-19)14-6-8-15(9-7-14)26-13-22-16-4-2-3-5-17(16)26;/h2-9,13,18,21H,10-12H2,1H3;1H. The first-order chi connectivity index (χ1) is 13.3. The Labute approximate surface area is 168 Å². The van der Waals surface area contributed by atoms with Crippen molar-refractivity contribution in [3.05, 3.63) is 60.7 Å². The molecule has 0 aliphatic carbocycles. The number of aromatic nitrogens is 4. The molecule has 1 aliphatic rings. The van der Waals surface area contributed by atoms with E-state index in [1.54, 1.807) is 0 Å². The van der Waals surface area contributed by atoms with Crippen LogP contribution < -0.4 is 5.32 Å². The van der Waals surface area contributed by atoms with Crippen molar-refractivity contribution in [1.29, 1.82) is 0 Å². The Bertz CT molecular complexity index is 1070. The predicted octanol–water partition coefficient (Wildman–Crippen LogP) is 3.07. The van der Waals surface area contributed by atoms with Gasteiger partial charge in [0.2, 0.25) is 0 Å². The van der Waals surface area contributed by atoms with Crippen molar-refractivity contribution in [3.8, 4) is 17.1 Å². The number of hydrogen-bond donors (Lipinski definition) is 1. The molecule has 1 saturated heterocycles. The van der Waals surface area contributed by atoms with E-state index in [1.807, 2.05) is 48.8 Å². The van der Waals surface area contributed by atoms with E-state index in [0.29, 0.717) is 5.89 Å². The molecule has 2 aromatic carbocycles. The van der Waals surface area contributed by atoms with E-state index in [-0.39, 0.29) is 18.4 Å². The number of nitrogens with zero attached hydrogens (tertiary/aromatic N) is 5. The molecule has 28 heavy (non-hydrogen) atoms. The molecule has 0 bridgehead atoms. The highest BCUT2D eigenvalue weighted by atomic mass is 35.5. The molecule has 4 aromatic rings. The van der Waals surface area contributed by atoms with Crippen LogP contribution in [0, 0.1) is 0 Å². The minimum atomic E-state index is 0. The Balaban J connectivity index is 0.00000192. The van der Waals surface area contributed by atoms with Crippen LogP contribution in [0.25, 0.3) is 28.2 Å². The van der Waals surface area contributed by atoms with Gasteiger partial charge in [-0.2, -0.15) is 4.98 Å². The molecule has 7 nitrogen and oxygen atoms in total. The van der Waals surface area contributed by atoms with Crippen LogP contribution in [0.4, 0.5) is 0 Å². The Kier molecular flexibility index (Phi) is 5.13. The highest BCUT2D eigenvalue weighted by molar-refractivity contribution is 5.85. The van der Waals surface area contributed by atoms with Gasteiger partial charge in [-0.05, 0) is 43.4 Å². The lowest BCUT2D eigenvalue weighted by molar-refractivity contribution is 0.190. The number of rotatable bonds is 3. The molecule has 1 atom stereocenters. The van der Waals surface area contributed by atoms with E-state index in [9.17, 15) is 0 Å². The maximum absolute atomic E-state index is 5.52. The number of imidazole rings is 1. The van der Waals surface area contributed by atoms with Gasteiger partial charge in [-0.25, -0.2) is 4.98 Å². The number of fused-ring (bicyclic) bond motifs is 1. The number of piperazine rings is 1. The van der Waals surface area contributed by atoms with E-state index in [4.69, 9.17) is 4.52 Å². The van der Waals surface area contributed by atoms with Gasteiger partial charge in [0.15, 0.2) is 5.82 Å². The molecular formula is C20H21ClN6O. The molecular weight excluding hydrogens is 376 g/mol. The lowest BCUT2D eigenvalue weighted by Crippen LogP contribution is -2.44. The van der Waals surface area contributed by atoms with E-state index in [0.717, 1.165) is 47.7 Å². The normalized spacial score (nSPS) is 17.5. The van der Waals surface area contributed by atoms with Crippen LogP contribution in [0.5, 0.6) is 0 Å². The van der Waals surface area contributed by atoms with Gasteiger partial charge in [0.1, 0.15) is 6.33 Å². The Hall–Kier alpha value is -2.74. The molecule has 3 heterocycles. The van der Waals surface area contributed by atoms with Gasteiger partial charge in [-0.1, -0.05) is 17.3 Å². The van der Waals surface area contributed by atoms with Crippen molar-refractivity contribution in [3.63, 3.8) is 0 Å². The minimum absolute atomic E-state index is 0. The Morgan fingerprint density at radius 2 is 1.93 bits per heavy atom. The highest BCUT2D eigenvalue weighted by Crippen LogP contribution is 2.25. The lowest BCUT2D eigenvalue weighted by Gasteiger charge is -2.30. The number of hydrogen-bond acceptors (Lipinski definition) is 6. The first kappa shape index (κ1) is 18.6. The number of nitrogens with one attached hydrogen (secondary N) is 1. The van der Waals surface area contributed by atoms with Crippen molar-refractivity contribution in [2.45, 2.75) is 6.04 Å². The van der Waals surface area contributed by atoms with Gasteiger partial charge in [0.25, 0.3) is 5.89 Å². The quantitative estimate of drug-likeness (QED) is 0.573. The molecule has 1 aliphatic heterocycles. The number of likely N-dealkylation sites (N-methyl/N-ethyl adjacent to an activating group) is 1. The maximum Gasteiger partial charge on any atom is 0.257 e. The number of para-hydroxylation sites is 2. The smallest absolute Gasteiger partial charge is 0.257 e. The second kappa shape index (κ2) is 7.71. The van der Waals surface area contributed by atoms with Crippen molar-refractivity contribution in [2.24, 2.45) is 0 Å². The van der Waals surface area contributed by atoms with Crippen LogP contribution in [0.2, 0.25) is 0 Å². The summed E-state index contributed by atoms with van der Waals surface area (Å²) in [6.07, 6.45) is 1.84. The molecule has 1 unspecified atom stereocenters. The van der Waals surface area contributed by atoms with Gasteiger partial charge in [-0.15, -0.1) is 12.4 Å². The summed E-state index contributed by atoms with van der Waals surface area (Å²) in [5, 5.41) is 7.58. The Morgan fingerprint density at radius 1 is 1.11 bits per heavy atom. The van der Waals surface area contributed by atoms with E-state index in [1.165, 1.54) is 0 Å². The van der Waals surface area contributed by atoms with Crippen LogP contribution in [0.3, 0.4) is 0 Å². The van der Waals surface area contributed by atoms with Crippen molar-refractivity contribution >= 4 is 23.4 Å². The van der Waals surface area contributed by atoms with Crippen LogP contribution in [0.1, 0.15) is 11.9 Å². The zero-order chi connectivity index (χ0) is 18.2. The molecule has 2 aromatic heterocycles. The SMILES string of the molecule is CN1CCNCC1c1noc(-c2ccc(-n3cnc4ccccc43)cc2)n1.Cl. The first-order valence-corrected chi connectivity index (χ1v) is 9.07. The summed E-state index contributed by atoms with van der Waals surface area (Å²) in [6.45, 7) is 2.80. The minimum Gasteiger partial charge on any atom is -0.334 e. The van der Waals surface area contributed by atoms with E-state index < -0.39 is 0 Å². The summed E-state index contributed by atoms with van der Waals surface area (Å²) >= 11 is 0. The summed E-state index contributed by atoms with van der Waals surface area (Å²) in [5.41, 5.74) is 4.02. The highest BCUT2D eigenvalue weighted by Gasteiger charge is 2.25. The van der Waals surface area contributed by atoms with E-state index >= 15 is 0 Å².